The van der Waals surface area contributed by atoms with Gasteiger partial charge in [0.15, 0.2) is 17.7 Å². The maximum Gasteiger partial charge on any atom is 0.265 e. The highest BCUT2D eigenvalue weighted by atomic mass is 19.1. The summed E-state index contributed by atoms with van der Waals surface area (Å²) < 4.78 is 19.0. The first-order valence-corrected chi connectivity index (χ1v) is 7.35. The molecule has 1 amide bonds. The van der Waals surface area contributed by atoms with E-state index in [1.165, 1.54) is 12.1 Å². The molecule has 0 unspecified atom stereocenters. The molecule has 0 aliphatic carbocycles. The van der Waals surface area contributed by atoms with Crippen LogP contribution in [-0.4, -0.2) is 12.0 Å². The lowest BCUT2D eigenvalue weighted by Gasteiger charge is -2.16. The molecule has 3 aromatic carbocycles. The molecule has 0 bridgehead atoms. The highest BCUT2D eigenvalue weighted by Crippen LogP contribution is 2.23. The summed E-state index contributed by atoms with van der Waals surface area (Å²) in [7, 11) is 0. The van der Waals surface area contributed by atoms with Crippen LogP contribution in [0.5, 0.6) is 5.75 Å². The van der Waals surface area contributed by atoms with Crippen LogP contribution in [0.2, 0.25) is 0 Å². The quantitative estimate of drug-likeness (QED) is 0.776. The first-order chi connectivity index (χ1) is 11.1. The molecule has 3 rings (SSSR count). The lowest BCUT2D eigenvalue weighted by molar-refractivity contribution is -0.122. The van der Waals surface area contributed by atoms with Crippen LogP contribution in [0.25, 0.3) is 10.8 Å². The first kappa shape index (κ1) is 15.0. The maximum atomic E-state index is 13.6. The van der Waals surface area contributed by atoms with Gasteiger partial charge in [-0.1, -0.05) is 48.5 Å². The van der Waals surface area contributed by atoms with Gasteiger partial charge in [-0.15, -0.1) is 0 Å². The first-order valence-electron chi connectivity index (χ1n) is 7.35. The van der Waals surface area contributed by atoms with Crippen LogP contribution >= 0.6 is 0 Å². The summed E-state index contributed by atoms with van der Waals surface area (Å²) in [5.74, 6) is -0.755. The Labute approximate surface area is 133 Å². The highest BCUT2D eigenvalue weighted by molar-refractivity contribution is 6.03. The predicted molar refractivity (Wildman–Crippen MR) is 89.1 cm³/mol. The maximum absolute atomic E-state index is 13.6. The summed E-state index contributed by atoms with van der Waals surface area (Å²) in [6.45, 7) is 1.59. The van der Waals surface area contributed by atoms with Gasteiger partial charge in [-0.05, 0) is 30.5 Å². The molecule has 0 saturated heterocycles. The molecule has 3 aromatic rings. The zero-order valence-electron chi connectivity index (χ0n) is 12.6. The van der Waals surface area contributed by atoms with Crippen molar-refractivity contribution in [3.8, 4) is 5.75 Å². The highest BCUT2D eigenvalue weighted by Gasteiger charge is 2.17. The Hall–Kier alpha value is -2.88. The second-order valence-corrected chi connectivity index (χ2v) is 5.21. The van der Waals surface area contributed by atoms with Crippen LogP contribution in [0.4, 0.5) is 10.1 Å². The molecule has 0 fully saturated rings. The number of hydrogen-bond acceptors (Lipinski definition) is 2. The molecule has 4 heteroatoms. The van der Waals surface area contributed by atoms with Crippen LogP contribution in [0.1, 0.15) is 6.92 Å². The standard InChI is InChI=1S/C19H16FNO2/c1-13(23-18-12-5-4-10-16(18)20)19(22)21-17-11-6-8-14-7-2-3-9-15(14)17/h2-13H,1H3,(H,21,22)/t13-/m1/s1. The Balaban J connectivity index is 1.77. The van der Waals surface area contributed by atoms with Gasteiger partial charge in [0.2, 0.25) is 0 Å². The molecule has 3 nitrogen and oxygen atoms in total. The zero-order valence-corrected chi connectivity index (χ0v) is 12.6. The number of halogens is 1. The largest absolute Gasteiger partial charge is 0.478 e. The molecule has 0 radical (unpaired) electrons. The molecule has 0 aliphatic rings. The monoisotopic (exact) mass is 309 g/mol. The van der Waals surface area contributed by atoms with Crippen molar-refractivity contribution < 1.29 is 13.9 Å². The number of rotatable bonds is 4. The summed E-state index contributed by atoms with van der Waals surface area (Å²) in [4.78, 5) is 12.3. The molecular formula is C19H16FNO2. The summed E-state index contributed by atoms with van der Waals surface area (Å²) in [5, 5.41) is 4.82. The number of nitrogens with one attached hydrogen (secondary N) is 1. The number of benzene rings is 3. The van der Waals surface area contributed by atoms with Crippen LogP contribution in [0.3, 0.4) is 0 Å². The van der Waals surface area contributed by atoms with E-state index < -0.39 is 11.9 Å². The third-order valence-corrected chi connectivity index (χ3v) is 3.56. The van der Waals surface area contributed by atoms with E-state index in [1.807, 2.05) is 42.5 Å². The summed E-state index contributed by atoms with van der Waals surface area (Å²) in [6.07, 6.45) is -0.814. The summed E-state index contributed by atoms with van der Waals surface area (Å²) in [5.41, 5.74) is 0.706. The molecule has 23 heavy (non-hydrogen) atoms. The fourth-order valence-electron chi connectivity index (χ4n) is 2.35. The molecule has 1 atom stereocenters. The van der Waals surface area contributed by atoms with Gasteiger partial charge in [0, 0.05) is 11.1 Å². The minimum atomic E-state index is -0.814. The molecule has 116 valence electrons. The van der Waals surface area contributed by atoms with Crippen molar-refractivity contribution in [2.75, 3.05) is 5.32 Å². The molecule has 0 aliphatic heterocycles. The number of fused-ring (bicyclic) bond motifs is 1. The SMILES string of the molecule is C[C@@H](Oc1ccccc1F)C(=O)Nc1cccc2ccccc12. The summed E-state index contributed by atoms with van der Waals surface area (Å²) >= 11 is 0. The Morgan fingerprint density at radius 3 is 2.52 bits per heavy atom. The second kappa shape index (κ2) is 6.48. The van der Waals surface area contributed by atoms with Gasteiger partial charge in [-0.2, -0.15) is 0 Å². The van der Waals surface area contributed by atoms with E-state index in [9.17, 15) is 9.18 Å². The van der Waals surface area contributed by atoms with Gasteiger partial charge in [0.05, 0.1) is 0 Å². The van der Waals surface area contributed by atoms with Crippen LogP contribution in [0.15, 0.2) is 66.7 Å². The van der Waals surface area contributed by atoms with Crippen LogP contribution in [0, 0.1) is 5.82 Å². The molecule has 0 aromatic heterocycles. The zero-order chi connectivity index (χ0) is 16.2. The lowest BCUT2D eigenvalue weighted by atomic mass is 10.1. The number of amides is 1. The van der Waals surface area contributed by atoms with E-state index >= 15 is 0 Å². The number of carbonyl (C=O) groups is 1. The van der Waals surface area contributed by atoms with E-state index in [0.717, 1.165) is 10.8 Å². The van der Waals surface area contributed by atoms with Crippen molar-refractivity contribution in [2.45, 2.75) is 13.0 Å². The van der Waals surface area contributed by atoms with Crippen molar-refractivity contribution in [2.24, 2.45) is 0 Å². The fraction of sp³-hybridized carbons (Fsp3) is 0.105. The van der Waals surface area contributed by atoms with E-state index in [-0.39, 0.29) is 11.7 Å². The van der Waals surface area contributed by atoms with E-state index in [2.05, 4.69) is 5.32 Å². The topological polar surface area (TPSA) is 38.3 Å². The molecular weight excluding hydrogens is 293 g/mol. The Kier molecular flexibility index (Phi) is 4.24. The smallest absolute Gasteiger partial charge is 0.265 e. The van der Waals surface area contributed by atoms with Crippen LogP contribution < -0.4 is 10.1 Å². The third-order valence-electron chi connectivity index (χ3n) is 3.56. The molecule has 0 spiro atoms. The lowest BCUT2D eigenvalue weighted by Crippen LogP contribution is -2.30. The Morgan fingerprint density at radius 2 is 1.70 bits per heavy atom. The molecule has 0 saturated carbocycles. The van der Waals surface area contributed by atoms with Gasteiger partial charge in [-0.25, -0.2) is 4.39 Å². The molecule has 1 N–H and O–H groups in total. The summed E-state index contributed by atoms with van der Waals surface area (Å²) in [6, 6.07) is 19.5. The van der Waals surface area contributed by atoms with Crippen molar-refractivity contribution >= 4 is 22.4 Å². The Bertz CT molecular complexity index is 842. The number of para-hydroxylation sites is 1. The third kappa shape index (κ3) is 3.31. The van der Waals surface area contributed by atoms with Gasteiger partial charge < -0.3 is 10.1 Å². The van der Waals surface area contributed by atoms with Crippen LogP contribution in [-0.2, 0) is 4.79 Å². The molecule has 0 heterocycles. The number of carbonyl (C=O) groups excluding carboxylic acids is 1. The minimum Gasteiger partial charge on any atom is -0.478 e. The average Bonchev–Trinajstić information content (AvgIpc) is 2.57. The number of hydrogen-bond donors (Lipinski definition) is 1. The fourth-order valence-corrected chi connectivity index (χ4v) is 2.35. The van der Waals surface area contributed by atoms with E-state index in [1.54, 1.807) is 19.1 Å². The van der Waals surface area contributed by atoms with Crippen molar-refractivity contribution in [3.63, 3.8) is 0 Å². The number of anilines is 1. The van der Waals surface area contributed by atoms with Gasteiger partial charge in [0.25, 0.3) is 5.91 Å². The van der Waals surface area contributed by atoms with Crippen molar-refractivity contribution in [3.05, 3.63) is 72.5 Å². The van der Waals surface area contributed by atoms with Gasteiger partial charge >= 0.3 is 0 Å². The Morgan fingerprint density at radius 1 is 1.00 bits per heavy atom. The van der Waals surface area contributed by atoms with Crippen molar-refractivity contribution in [1.29, 1.82) is 0 Å². The average molecular weight is 309 g/mol. The minimum absolute atomic E-state index is 0.0630. The van der Waals surface area contributed by atoms with E-state index in [4.69, 9.17) is 4.74 Å². The number of ether oxygens (including phenoxy) is 1. The normalized spacial score (nSPS) is 11.9. The van der Waals surface area contributed by atoms with Gasteiger partial charge in [0.1, 0.15) is 0 Å². The van der Waals surface area contributed by atoms with Crippen molar-refractivity contribution in [1.82, 2.24) is 0 Å². The van der Waals surface area contributed by atoms with Gasteiger partial charge in [-0.3, -0.25) is 4.79 Å². The predicted octanol–water partition coefficient (Wildman–Crippen LogP) is 4.38. The second-order valence-electron chi connectivity index (χ2n) is 5.21. The van der Waals surface area contributed by atoms with E-state index in [0.29, 0.717) is 5.69 Å².